The molecule has 0 radical (unpaired) electrons. The lowest BCUT2D eigenvalue weighted by atomic mass is 9.72. The Morgan fingerprint density at radius 1 is 0.647 bits per heavy atom. The van der Waals surface area contributed by atoms with Gasteiger partial charge in [-0.25, -0.2) is 18.7 Å². The van der Waals surface area contributed by atoms with E-state index in [4.69, 9.17) is 19.3 Å². The van der Waals surface area contributed by atoms with Crippen LogP contribution in [0.4, 0.5) is 9.59 Å². The average molecular weight is 999 g/mol. The van der Waals surface area contributed by atoms with Crippen molar-refractivity contribution in [2.45, 2.75) is 143 Å². The van der Waals surface area contributed by atoms with Crippen LogP contribution in [0.1, 0.15) is 163 Å². The quantitative estimate of drug-likeness (QED) is 0.0227. The molecule has 0 fully saturated rings. The zero-order chi connectivity index (χ0) is 49.5. The summed E-state index contributed by atoms with van der Waals surface area (Å²) in [6.07, 6.45) is 8.55. The summed E-state index contributed by atoms with van der Waals surface area (Å²) in [6, 6.07) is 6.83. The van der Waals surface area contributed by atoms with Gasteiger partial charge in [0.2, 0.25) is 0 Å². The SMILES string of the molecule is C=C(C)[C@@H]1CCC(C)=C[C@H]1c1c(O)cc(CCCCC)cc1C(COC(=O)O)OP(=O)(O)O.C=C(C)[C@@H]1CCC(C)=C[C@H]1c1c(O)cc(CCCCC)cc1C(COC(=O)O)OP(=O)(O)O.N.N. The van der Waals surface area contributed by atoms with Gasteiger partial charge in [0.05, 0.1) is 0 Å². The Kier molecular flexibility index (Phi) is 25.7. The van der Waals surface area contributed by atoms with Crippen LogP contribution in [-0.4, -0.2) is 65.5 Å². The van der Waals surface area contributed by atoms with Crippen molar-refractivity contribution in [3.05, 3.63) is 105 Å². The number of aromatic hydroxyl groups is 2. The third kappa shape index (κ3) is 19.6. The number of rotatable bonds is 22. The molecule has 2 aliphatic carbocycles. The summed E-state index contributed by atoms with van der Waals surface area (Å²) in [4.78, 5) is 60.1. The molecule has 0 aromatic heterocycles. The first-order chi connectivity index (χ1) is 30.8. The van der Waals surface area contributed by atoms with Gasteiger partial charge >= 0.3 is 28.0 Å². The number of benzene rings is 2. The molecule has 14 N–H and O–H groups in total. The number of phenolic OH excluding ortho intramolecular Hbond substituents is 2. The summed E-state index contributed by atoms with van der Waals surface area (Å²) in [5, 5.41) is 40.2. The molecule has 0 amide bonds. The van der Waals surface area contributed by atoms with E-state index >= 15 is 0 Å². The molecule has 4 rings (SSSR count). The van der Waals surface area contributed by atoms with Crippen LogP contribution < -0.4 is 12.3 Å². The van der Waals surface area contributed by atoms with Crippen molar-refractivity contribution in [3.63, 3.8) is 0 Å². The zero-order valence-electron chi connectivity index (χ0n) is 40.4. The van der Waals surface area contributed by atoms with Gasteiger partial charge in [-0.05, 0) is 125 Å². The lowest BCUT2D eigenvalue weighted by Gasteiger charge is -2.34. The Bertz CT molecular complexity index is 2030. The third-order valence-corrected chi connectivity index (χ3v) is 13.1. The molecule has 2 aromatic carbocycles. The van der Waals surface area contributed by atoms with Crippen LogP contribution in [0.25, 0.3) is 0 Å². The Balaban J connectivity index is 0.000000661. The van der Waals surface area contributed by atoms with E-state index in [1.807, 2.05) is 39.8 Å². The van der Waals surface area contributed by atoms with E-state index in [1.54, 1.807) is 24.3 Å². The summed E-state index contributed by atoms with van der Waals surface area (Å²) in [6.45, 7) is 18.9. The number of carbonyl (C=O) groups is 2. The molecule has 2 unspecified atom stereocenters. The minimum atomic E-state index is -5.00. The largest absolute Gasteiger partial charge is 0.508 e. The van der Waals surface area contributed by atoms with Gasteiger partial charge < -0.3 is 61.8 Å². The van der Waals surface area contributed by atoms with Crippen LogP contribution in [-0.2, 0) is 40.5 Å². The summed E-state index contributed by atoms with van der Waals surface area (Å²) in [5.74, 6) is -0.639. The molecule has 384 valence electrons. The van der Waals surface area contributed by atoms with E-state index in [1.165, 1.54) is 0 Å². The number of phosphoric acid groups is 2. The molecule has 6 atom stereocenters. The second kappa shape index (κ2) is 28.4. The fourth-order valence-electron chi connectivity index (χ4n) is 8.94. The molecule has 0 saturated heterocycles. The molecule has 0 aliphatic heterocycles. The van der Waals surface area contributed by atoms with Crippen LogP contribution in [0.15, 0.2) is 71.9 Å². The minimum Gasteiger partial charge on any atom is -0.508 e. The van der Waals surface area contributed by atoms with Crippen LogP contribution in [0.5, 0.6) is 11.5 Å². The fraction of sp³-hybridized carbons (Fsp3) is 0.542. The number of aryl methyl sites for hydroxylation is 2. The number of phenols is 2. The molecule has 0 saturated carbocycles. The number of hydrogen-bond acceptors (Lipinski definition) is 12. The van der Waals surface area contributed by atoms with Gasteiger partial charge in [0.25, 0.3) is 0 Å². The number of unbranched alkanes of at least 4 members (excludes halogenated alkanes) is 4. The number of allylic oxidation sites excluding steroid dienone is 6. The first-order valence-electron chi connectivity index (χ1n) is 22.4. The molecular formula is C48H76N2O16P2. The maximum Gasteiger partial charge on any atom is 0.505 e. The maximum atomic E-state index is 11.7. The summed E-state index contributed by atoms with van der Waals surface area (Å²) < 4.78 is 42.8. The summed E-state index contributed by atoms with van der Waals surface area (Å²) >= 11 is 0. The molecule has 2 aliphatic rings. The van der Waals surface area contributed by atoms with Gasteiger partial charge in [0.1, 0.15) is 36.9 Å². The van der Waals surface area contributed by atoms with Crippen molar-refractivity contribution in [1.29, 1.82) is 0 Å². The van der Waals surface area contributed by atoms with Crippen molar-refractivity contribution in [1.82, 2.24) is 12.3 Å². The van der Waals surface area contributed by atoms with Crippen LogP contribution in [0.2, 0.25) is 0 Å². The monoisotopic (exact) mass is 998 g/mol. The third-order valence-electron chi connectivity index (χ3n) is 12.0. The lowest BCUT2D eigenvalue weighted by molar-refractivity contribution is 0.0352. The lowest BCUT2D eigenvalue weighted by Crippen LogP contribution is -2.22. The van der Waals surface area contributed by atoms with Gasteiger partial charge in [0.15, 0.2) is 0 Å². The first kappa shape index (κ1) is 61.7. The Morgan fingerprint density at radius 2 is 0.985 bits per heavy atom. The number of hydrogen-bond donors (Lipinski definition) is 10. The molecule has 2 aromatic rings. The highest BCUT2D eigenvalue weighted by atomic mass is 31.2. The van der Waals surface area contributed by atoms with Crippen LogP contribution in [0, 0.1) is 11.8 Å². The first-order valence-corrected chi connectivity index (χ1v) is 25.5. The molecule has 0 bridgehead atoms. The van der Waals surface area contributed by atoms with E-state index in [0.29, 0.717) is 35.1 Å². The van der Waals surface area contributed by atoms with E-state index < -0.39 is 53.4 Å². The van der Waals surface area contributed by atoms with Gasteiger partial charge in [-0.3, -0.25) is 9.05 Å². The van der Waals surface area contributed by atoms with Crippen molar-refractivity contribution in [2.75, 3.05) is 13.2 Å². The highest BCUT2D eigenvalue weighted by Crippen LogP contribution is 2.51. The Labute approximate surface area is 400 Å². The van der Waals surface area contributed by atoms with E-state index in [9.17, 15) is 48.5 Å². The van der Waals surface area contributed by atoms with E-state index in [-0.39, 0.29) is 47.5 Å². The fourth-order valence-corrected chi connectivity index (χ4v) is 9.95. The zero-order valence-corrected chi connectivity index (χ0v) is 42.2. The predicted molar refractivity (Wildman–Crippen MR) is 260 cm³/mol. The summed E-state index contributed by atoms with van der Waals surface area (Å²) in [7, 11) is -9.99. The average Bonchev–Trinajstić information content (AvgIpc) is 3.20. The molecule has 18 nitrogen and oxygen atoms in total. The highest BCUT2D eigenvalue weighted by molar-refractivity contribution is 7.46. The second-order valence-electron chi connectivity index (χ2n) is 17.5. The molecular weight excluding hydrogens is 922 g/mol. The molecule has 68 heavy (non-hydrogen) atoms. The Hall–Kier alpha value is -4.32. The van der Waals surface area contributed by atoms with Crippen molar-refractivity contribution < 1.29 is 77.2 Å². The van der Waals surface area contributed by atoms with Crippen molar-refractivity contribution in [2.24, 2.45) is 11.8 Å². The molecule has 0 heterocycles. The predicted octanol–water partition coefficient (Wildman–Crippen LogP) is 12.3. The van der Waals surface area contributed by atoms with Gasteiger partial charge in [-0.1, -0.05) is 99.3 Å². The topological polar surface area (TPSA) is 337 Å². The number of carboxylic acid groups (broad SMARTS) is 2. The molecule has 0 spiro atoms. The van der Waals surface area contributed by atoms with Gasteiger partial charge in [-0.2, -0.15) is 0 Å². The second-order valence-corrected chi connectivity index (χ2v) is 19.9. The molecule has 20 heteroatoms. The number of phosphoric ester groups is 2. The van der Waals surface area contributed by atoms with E-state index in [0.717, 1.165) is 97.6 Å². The minimum absolute atomic E-state index is 0. The normalized spacial score (nSPS) is 19.0. The number of ether oxygens (including phenoxy) is 2. The maximum absolute atomic E-state index is 11.7. The van der Waals surface area contributed by atoms with Gasteiger partial charge in [0, 0.05) is 23.0 Å². The van der Waals surface area contributed by atoms with Crippen molar-refractivity contribution in [3.8, 4) is 11.5 Å². The smallest absolute Gasteiger partial charge is 0.505 e. The van der Waals surface area contributed by atoms with Crippen molar-refractivity contribution >= 4 is 28.0 Å². The summed E-state index contributed by atoms with van der Waals surface area (Å²) in [5.41, 5.74) is 7.19. The van der Waals surface area contributed by atoms with Gasteiger partial charge in [-0.15, -0.1) is 0 Å². The van der Waals surface area contributed by atoms with Crippen LogP contribution in [0.3, 0.4) is 0 Å². The Morgan fingerprint density at radius 3 is 1.26 bits per heavy atom. The van der Waals surface area contributed by atoms with Crippen LogP contribution >= 0.6 is 15.6 Å². The van der Waals surface area contributed by atoms with E-state index in [2.05, 4.69) is 36.5 Å². The standard InChI is InChI=1S/2C24H35O8P.2H3N/c2*1-5-6-7-8-17-12-20(22(14-31-24(26)27)32-33(28,29)30)23(21(25)13-17)19-11-16(4)9-10-18(19)15(2)3;;/h2*11-13,18-19,22,25H,2,5-10,14H2,1,3-4H3,(H,26,27)(H2,28,29,30);2*1H3/t2*18-,19+,22?;;/m00../s1. The highest BCUT2D eigenvalue weighted by Gasteiger charge is 2.37.